The van der Waals surface area contributed by atoms with E-state index < -0.39 is 5.41 Å². The van der Waals surface area contributed by atoms with Gasteiger partial charge in [-0.15, -0.1) is 0 Å². The van der Waals surface area contributed by atoms with Gasteiger partial charge in [-0.2, -0.15) is 4.98 Å². The molecule has 1 atom stereocenters. The standard InChI is InChI=1S/C22H27N5O5/c1-15-17(13-30-3)18(25-31-15)20(28)27-11-4-7-22(14-27,8-12-29-2)21-24-19(32-26-21)16-5-9-23-10-6-16/h5-6,9-10H,4,7-8,11-14H2,1-3H3. The minimum atomic E-state index is -0.487. The summed E-state index contributed by atoms with van der Waals surface area (Å²) in [6, 6.07) is 3.64. The second-order valence-electron chi connectivity index (χ2n) is 8.01. The lowest BCUT2D eigenvalue weighted by molar-refractivity contribution is 0.0554. The van der Waals surface area contributed by atoms with Gasteiger partial charge in [-0.1, -0.05) is 10.3 Å². The highest BCUT2D eigenvalue weighted by Gasteiger charge is 2.43. The van der Waals surface area contributed by atoms with Crippen LogP contribution in [0.4, 0.5) is 0 Å². The number of nitrogens with zero attached hydrogens (tertiary/aromatic N) is 5. The van der Waals surface area contributed by atoms with Gasteiger partial charge in [0.2, 0.25) is 0 Å². The van der Waals surface area contributed by atoms with Crippen molar-refractivity contribution in [1.82, 2.24) is 25.2 Å². The molecule has 10 nitrogen and oxygen atoms in total. The first-order valence-electron chi connectivity index (χ1n) is 10.5. The van der Waals surface area contributed by atoms with Crippen molar-refractivity contribution in [3.8, 4) is 11.5 Å². The first kappa shape index (κ1) is 22.1. The largest absolute Gasteiger partial charge is 0.385 e. The Kier molecular flexibility index (Phi) is 6.61. The van der Waals surface area contributed by atoms with E-state index in [1.54, 1.807) is 38.4 Å². The van der Waals surface area contributed by atoms with E-state index in [9.17, 15) is 4.79 Å². The number of carbonyl (C=O) groups excluding carboxylic acids is 1. The topological polar surface area (TPSA) is 117 Å². The van der Waals surface area contributed by atoms with Gasteiger partial charge in [0.25, 0.3) is 11.8 Å². The molecule has 10 heteroatoms. The third-order valence-electron chi connectivity index (χ3n) is 5.95. The molecule has 0 aliphatic carbocycles. The SMILES string of the molecule is COCCC1(c2noc(-c3ccncc3)n2)CCCN(C(=O)c2noc(C)c2COC)C1. The van der Waals surface area contributed by atoms with Crippen LogP contribution in [0.5, 0.6) is 0 Å². The van der Waals surface area contributed by atoms with Crippen molar-refractivity contribution < 1.29 is 23.3 Å². The number of carbonyl (C=O) groups is 1. The summed E-state index contributed by atoms with van der Waals surface area (Å²) in [6.07, 6.45) is 5.63. The maximum Gasteiger partial charge on any atom is 0.276 e. The Hall–Kier alpha value is -3.11. The average Bonchev–Trinajstić information content (AvgIpc) is 3.46. The lowest BCUT2D eigenvalue weighted by Gasteiger charge is -2.40. The van der Waals surface area contributed by atoms with Gasteiger partial charge >= 0.3 is 0 Å². The van der Waals surface area contributed by atoms with E-state index in [0.29, 0.717) is 49.2 Å². The molecule has 1 unspecified atom stereocenters. The number of hydrogen-bond donors (Lipinski definition) is 0. The number of piperidine rings is 1. The molecule has 1 aliphatic heterocycles. The van der Waals surface area contributed by atoms with Crippen LogP contribution in [0.1, 0.15) is 46.9 Å². The summed E-state index contributed by atoms with van der Waals surface area (Å²) in [7, 11) is 3.24. The van der Waals surface area contributed by atoms with Gasteiger partial charge in [0.15, 0.2) is 11.5 Å². The zero-order valence-electron chi connectivity index (χ0n) is 18.5. The summed E-state index contributed by atoms with van der Waals surface area (Å²) in [4.78, 5) is 23.9. The second kappa shape index (κ2) is 9.58. The molecule has 0 radical (unpaired) electrons. The normalized spacial score (nSPS) is 18.8. The highest BCUT2D eigenvalue weighted by atomic mass is 16.5. The van der Waals surface area contributed by atoms with Gasteiger partial charge in [-0.25, -0.2) is 0 Å². The molecule has 0 N–H and O–H groups in total. The van der Waals surface area contributed by atoms with E-state index in [4.69, 9.17) is 23.5 Å². The summed E-state index contributed by atoms with van der Waals surface area (Å²) in [6.45, 7) is 3.60. The van der Waals surface area contributed by atoms with Crippen molar-refractivity contribution in [3.05, 3.63) is 47.4 Å². The number of aryl methyl sites for hydroxylation is 1. The van der Waals surface area contributed by atoms with Crippen LogP contribution in [0.25, 0.3) is 11.5 Å². The lowest BCUT2D eigenvalue weighted by atomic mass is 9.76. The summed E-state index contributed by atoms with van der Waals surface area (Å²) >= 11 is 0. The number of likely N-dealkylation sites (tertiary alicyclic amines) is 1. The van der Waals surface area contributed by atoms with Crippen molar-refractivity contribution in [2.75, 3.05) is 33.9 Å². The second-order valence-corrected chi connectivity index (χ2v) is 8.01. The summed E-state index contributed by atoms with van der Waals surface area (Å²) < 4.78 is 21.4. The molecule has 4 heterocycles. The van der Waals surface area contributed by atoms with Gasteiger partial charge < -0.3 is 23.4 Å². The van der Waals surface area contributed by atoms with Crippen LogP contribution in [0, 0.1) is 6.92 Å². The molecule has 3 aromatic rings. The molecular weight excluding hydrogens is 414 g/mol. The Morgan fingerprint density at radius 1 is 1.19 bits per heavy atom. The first-order valence-corrected chi connectivity index (χ1v) is 10.5. The minimum absolute atomic E-state index is 0.187. The molecule has 170 valence electrons. The van der Waals surface area contributed by atoms with Crippen LogP contribution in [-0.2, 0) is 21.5 Å². The zero-order valence-corrected chi connectivity index (χ0v) is 18.5. The van der Waals surface area contributed by atoms with E-state index in [2.05, 4.69) is 15.3 Å². The Balaban J connectivity index is 1.63. The molecule has 0 aromatic carbocycles. The van der Waals surface area contributed by atoms with Crippen LogP contribution >= 0.6 is 0 Å². The Bertz CT molecular complexity index is 1050. The number of amides is 1. The smallest absolute Gasteiger partial charge is 0.276 e. The Labute approximate surface area is 185 Å². The molecule has 1 saturated heterocycles. The monoisotopic (exact) mass is 441 g/mol. The number of rotatable bonds is 8. The van der Waals surface area contributed by atoms with E-state index in [1.807, 2.05) is 12.1 Å². The molecule has 3 aromatic heterocycles. The third-order valence-corrected chi connectivity index (χ3v) is 5.95. The van der Waals surface area contributed by atoms with E-state index in [1.165, 1.54) is 0 Å². The van der Waals surface area contributed by atoms with E-state index >= 15 is 0 Å². The van der Waals surface area contributed by atoms with Crippen molar-refractivity contribution in [2.24, 2.45) is 0 Å². The molecule has 1 fully saturated rings. The molecule has 32 heavy (non-hydrogen) atoms. The number of pyridine rings is 1. The Morgan fingerprint density at radius 3 is 2.75 bits per heavy atom. The van der Waals surface area contributed by atoms with Crippen molar-refractivity contribution in [1.29, 1.82) is 0 Å². The van der Waals surface area contributed by atoms with Crippen LogP contribution in [-0.4, -0.2) is 65.0 Å². The molecule has 0 bridgehead atoms. The van der Waals surface area contributed by atoms with Crippen LogP contribution in [0.15, 0.2) is 33.6 Å². The molecular formula is C22H27N5O5. The third kappa shape index (κ3) is 4.28. The number of methoxy groups -OCH3 is 2. The maximum atomic E-state index is 13.4. The lowest BCUT2D eigenvalue weighted by Crippen LogP contribution is -2.49. The fourth-order valence-electron chi connectivity index (χ4n) is 4.17. The van der Waals surface area contributed by atoms with E-state index in [-0.39, 0.29) is 18.2 Å². The molecule has 1 amide bonds. The minimum Gasteiger partial charge on any atom is -0.385 e. The van der Waals surface area contributed by atoms with Crippen LogP contribution < -0.4 is 0 Å². The molecule has 0 spiro atoms. The summed E-state index contributed by atoms with van der Waals surface area (Å²) in [5, 5.41) is 8.31. The number of hydrogen-bond acceptors (Lipinski definition) is 9. The fourth-order valence-corrected chi connectivity index (χ4v) is 4.17. The number of aromatic nitrogens is 4. The quantitative estimate of drug-likeness (QED) is 0.520. The highest BCUT2D eigenvalue weighted by molar-refractivity contribution is 5.94. The predicted octanol–water partition coefficient (Wildman–Crippen LogP) is 2.78. The fraction of sp³-hybridized carbons (Fsp3) is 0.500. The zero-order chi connectivity index (χ0) is 22.6. The molecule has 1 aliphatic rings. The average molecular weight is 441 g/mol. The van der Waals surface area contributed by atoms with Gasteiger partial charge in [0, 0.05) is 51.9 Å². The molecule has 0 saturated carbocycles. The van der Waals surface area contributed by atoms with Crippen LogP contribution in [0.3, 0.4) is 0 Å². The van der Waals surface area contributed by atoms with E-state index in [0.717, 1.165) is 18.4 Å². The van der Waals surface area contributed by atoms with Crippen molar-refractivity contribution in [3.63, 3.8) is 0 Å². The summed E-state index contributed by atoms with van der Waals surface area (Å²) in [5.74, 6) is 1.40. The predicted molar refractivity (Wildman–Crippen MR) is 113 cm³/mol. The molecule has 4 rings (SSSR count). The maximum absolute atomic E-state index is 13.4. The number of ether oxygens (including phenoxy) is 2. The van der Waals surface area contributed by atoms with Gasteiger partial charge in [0.1, 0.15) is 5.76 Å². The van der Waals surface area contributed by atoms with Crippen molar-refractivity contribution >= 4 is 5.91 Å². The Morgan fingerprint density at radius 2 is 2.00 bits per heavy atom. The summed E-state index contributed by atoms with van der Waals surface area (Å²) in [5.41, 5.74) is 1.27. The van der Waals surface area contributed by atoms with Crippen LogP contribution in [0.2, 0.25) is 0 Å². The first-order chi connectivity index (χ1) is 15.6. The van der Waals surface area contributed by atoms with Gasteiger partial charge in [-0.05, 0) is 38.3 Å². The van der Waals surface area contributed by atoms with Crippen molar-refractivity contribution in [2.45, 2.75) is 38.2 Å². The van der Waals surface area contributed by atoms with Gasteiger partial charge in [0.05, 0.1) is 17.6 Å². The highest BCUT2D eigenvalue weighted by Crippen LogP contribution is 2.37. The van der Waals surface area contributed by atoms with Gasteiger partial charge in [-0.3, -0.25) is 9.78 Å².